The van der Waals surface area contributed by atoms with Crippen molar-refractivity contribution < 1.29 is 23.9 Å². The predicted octanol–water partition coefficient (Wildman–Crippen LogP) is 2.60. The molecule has 0 spiro atoms. The van der Waals surface area contributed by atoms with Gasteiger partial charge in [-0.25, -0.2) is 4.79 Å². The number of H-pyrrole nitrogens is 1. The number of ether oxygens (including phenoxy) is 1. The molecule has 1 atom stereocenters. The summed E-state index contributed by atoms with van der Waals surface area (Å²) in [4.78, 5) is 50.9. The van der Waals surface area contributed by atoms with Crippen LogP contribution >= 0.6 is 0 Å². The molecule has 3 aromatic rings. The summed E-state index contributed by atoms with van der Waals surface area (Å²) < 4.78 is 5.13. The number of rotatable bonds is 8. The molecule has 0 unspecified atom stereocenters. The fourth-order valence-electron chi connectivity index (χ4n) is 3.21. The molecule has 31 heavy (non-hydrogen) atoms. The summed E-state index contributed by atoms with van der Waals surface area (Å²) in [7, 11) is 0. The normalized spacial score (nSPS) is 11.5. The van der Waals surface area contributed by atoms with Crippen LogP contribution in [0.4, 0.5) is 5.69 Å². The summed E-state index contributed by atoms with van der Waals surface area (Å²) in [5, 5.41) is 6.10. The molecule has 1 aromatic heterocycles. The third-order valence-electron chi connectivity index (χ3n) is 4.66. The minimum atomic E-state index is -0.939. The number of amides is 2. The van der Waals surface area contributed by atoms with Gasteiger partial charge in [0.2, 0.25) is 5.91 Å². The van der Waals surface area contributed by atoms with Gasteiger partial charge in [0.1, 0.15) is 6.04 Å². The molecule has 2 aromatic carbocycles. The van der Waals surface area contributed by atoms with Gasteiger partial charge in [-0.3, -0.25) is 14.4 Å². The highest BCUT2D eigenvalue weighted by Gasteiger charge is 2.23. The fourth-order valence-corrected chi connectivity index (χ4v) is 3.21. The molecule has 1 heterocycles. The van der Waals surface area contributed by atoms with Crippen LogP contribution in [0.3, 0.4) is 0 Å². The van der Waals surface area contributed by atoms with Gasteiger partial charge in [0.15, 0.2) is 12.4 Å². The first-order valence-electron chi connectivity index (χ1n) is 9.73. The third-order valence-corrected chi connectivity index (χ3v) is 4.66. The molecule has 2 amide bonds. The summed E-state index contributed by atoms with van der Waals surface area (Å²) in [6, 6.07) is 13.1. The molecule has 0 fully saturated rings. The molecule has 0 bridgehead atoms. The second-order valence-corrected chi connectivity index (χ2v) is 7.11. The minimum absolute atomic E-state index is 0.127. The maximum atomic E-state index is 12.6. The Kier molecular flexibility index (Phi) is 6.81. The number of anilines is 1. The average Bonchev–Trinajstić information content (AvgIpc) is 3.14. The highest BCUT2D eigenvalue weighted by Crippen LogP contribution is 2.19. The lowest BCUT2D eigenvalue weighted by Crippen LogP contribution is -2.43. The first-order chi connectivity index (χ1) is 14.8. The SMILES string of the molecule is CC(=O)N[C@@H](Cc1c[nH]c2ccccc12)C(=O)OCC(=O)Nc1cccc(C(C)=O)c1. The van der Waals surface area contributed by atoms with Crippen molar-refractivity contribution in [2.24, 2.45) is 0 Å². The van der Waals surface area contributed by atoms with Crippen molar-refractivity contribution in [1.82, 2.24) is 10.3 Å². The summed E-state index contributed by atoms with van der Waals surface area (Å²) >= 11 is 0. The number of aromatic amines is 1. The lowest BCUT2D eigenvalue weighted by molar-refractivity contribution is -0.150. The van der Waals surface area contributed by atoms with E-state index in [0.29, 0.717) is 11.3 Å². The van der Waals surface area contributed by atoms with Crippen molar-refractivity contribution in [2.75, 3.05) is 11.9 Å². The Morgan fingerprint density at radius 3 is 2.55 bits per heavy atom. The van der Waals surface area contributed by atoms with Crippen LogP contribution in [0, 0.1) is 0 Å². The Morgan fingerprint density at radius 2 is 1.81 bits per heavy atom. The van der Waals surface area contributed by atoms with Gasteiger partial charge in [0.25, 0.3) is 5.91 Å². The molecule has 0 saturated heterocycles. The van der Waals surface area contributed by atoms with Gasteiger partial charge in [0.05, 0.1) is 0 Å². The second kappa shape index (κ2) is 9.71. The number of carbonyl (C=O) groups is 4. The number of aromatic nitrogens is 1. The first-order valence-corrected chi connectivity index (χ1v) is 9.73. The lowest BCUT2D eigenvalue weighted by Gasteiger charge is -2.16. The molecule has 0 saturated carbocycles. The van der Waals surface area contributed by atoms with Crippen LogP contribution in [0.2, 0.25) is 0 Å². The molecule has 8 heteroatoms. The van der Waals surface area contributed by atoms with Crippen molar-refractivity contribution in [1.29, 1.82) is 0 Å². The van der Waals surface area contributed by atoms with Crippen LogP contribution in [-0.4, -0.2) is 41.2 Å². The largest absolute Gasteiger partial charge is 0.454 e. The molecule has 3 rings (SSSR count). The molecule has 0 aliphatic carbocycles. The minimum Gasteiger partial charge on any atom is -0.454 e. The molecule has 160 valence electrons. The zero-order chi connectivity index (χ0) is 22.4. The quantitative estimate of drug-likeness (QED) is 0.382. The molecule has 3 N–H and O–H groups in total. The smallest absolute Gasteiger partial charge is 0.329 e. The van der Waals surface area contributed by atoms with E-state index in [-0.39, 0.29) is 18.1 Å². The Morgan fingerprint density at radius 1 is 1.03 bits per heavy atom. The molecule has 0 aliphatic heterocycles. The van der Waals surface area contributed by atoms with E-state index in [2.05, 4.69) is 15.6 Å². The number of hydrogen-bond acceptors (Lipinski definition) is 5. The van der Waals surface area contributed by atoms with Crippen molar-refractivity contribution >= 4 is 40.2 Å². The maximum absolute atomic E-state index is 12.6. The van der Waals surface area contributed by atoms with Gasteiger partial charge in [0, 0.05) is 41.7 Å². The number of Topliss-reactive ketones (excluding diaryl/α,β-unsaturated/α-hetero) is 1. The highest BCUT2D eigenvalue weighted by molar-refractivity contribution is 5.98. The number of carbonyl (C=O) groups excluding carboxylic acids is 4. The number of fused-ring (bicyclic) bond motifs is 1. The first kappa shape index (κ1) is 21.8. The van der Waals surface area contributed by atoms with Crippen LogP contribution in [-0.2, 0) is 25.5 Å². The monoisotopic (exact) mass is 421 g/mol. The van der Waals surface area contributed by atoms with Crippen molar-refractivity contribution in [2.45, 2.75) is 26.3 Å². The van der Waals surface area contributed by atoms with E-state index < -0.39 is 24.5 Å². The topological polar surface area (TPSA) is 117 Å². The van der Waals surface area contributed by atoms with Gasteiger partial charge >= 0.3 is 5.97 Å². The average molecular weight is 421 g/mol. The molecule has 8 nitrogen and oxygen atoms in total. The Labute approximate surface area is 179 Å². The van der Waals surface area contributed by atoms with E-state index in [9.17, 15) is 19.2 Å². The molecular formula is C23H23N3O5. The van der Waals surface area contributed by atoms with Crippen LogP contribution < -0.4 is 10.6 Å². The summed E-state index contributed by atoms with van der Waals surface area (Å²) in [6.45, 7) is 2.22. The van der Waals surface area contributed by atoms with Gasteiger partial charge in [-0.15, -0.1) is 0 Å². The van der Waals surface area contributed by atoms with Crippen LogP contribution in [0.5, 0.6) is 0 Å². The standard InChI is InChI=1S/C23H23N3O5/c1-14(27)16-6-5-7-18(10-16)26-22(29)13-31-23(30)21(25-15(2)28)11-17-12-24-20-9-4-3-8-19(17)20/h3-10,12,21,24H,11,13H2,1-2H3,(H,25,28)(H,26,29)/t21-/m0/s1. The molecule has 0 radical (unpaired) electrons. The van der Waals surface area contributed by atoms with Crippen molar-refractivity contribution in [3.8, 4) is 0 Å². The van der Waals surface area contributed by atoms with Gasteiger partial charge in [-0.1, -0.05) is 30.3 Å². The Bertz CT molecular complexity index is 1130. The number of ketones is 1. The van der Waals surface area contributed by atoms with Gasteiger partial charge in [-0.05, 0) is 30.7 Å². The zero-order valence-electron chi connectivity index (χ0n) is 17.2. The summed E-state index contributed by atoms with van der Waals surface area (Å²) in [5.41, 5.74) is 2.64. The number of para-hydroxylation sites is 1. The lowest BCUT2D eigenvalue weighted by atomic mass is 10.0. The predicted molar refractivity (Wildman–Crippen MR) is 116 cm³/mol. The molecular weight excluding hydrogens is 398 g/mol. The maximum Gasteiger partial charge on any atom is 0.329 e. The van der Waals surface area contributed by atoms with E-state index in [4.69, 9.17) is 4.74 Å². The fraction of sp³-hybridized carbons (Fsp3) is 0.217. The third kappa shape index (κ3) is 5.79. The zero-order valence-corrected chi connectivity index (χ0v) is 17.2. The van der Waals surface area contributed by atoms with Crippen LogP contribution in [0.25, 0.3) is 10.9 Å². The Hall–Kier alpha value is -3.94. The highest BCUT2D eigenvalue weighted by atomic mass is 16.5. The number of benzene rings is 2. The van der Waals surface area contributed by atoms with Gasteiger partial charge in [-0.2, -0.15) is 0 Å². The molecule has 0 aliphatic rings. The van der Waals surface area contributed by atoms with E-state index >= 15 is 0 Å². The Balaban J connectivity index is 1.62. The summed E-state index contributed by atoms with van der Waals surface area (Å²) in [5.74, 6) is -1.78. The van der Waals surface area contributed by atoms with Crippen LogP contribution in [0.1, 0.15) is 29.8 Å². The number of esters is 1. The van der Waals surface area contributed by atoms with Crippen molar-refractivity contribution in [3.63, 3.8) is 0 Å². The van der Waals surface area contributed by atoms with E-state index in [0.717, 1.165) is 16.5 Å². The van der Waals surface area contributed by atoms with Gasteiger partial charge < -0.3 is 20.4 Å². The number of nitrogens with one attached hydrogen (secondary N) is 3. The van der Waals surface area contributed by atoms with E-state index in [1.807, 2.05) is 24.3 Å². The van der Waals surface area contributed by atoms with Crippen LogP contribution in [0.15, 0.2) is 54.7 Å². The van der Waals surface area contributed by atoms with E-state index in [1.54, 1.807) is 30.5 Å². The number of hydrogen-bond donors (Lipinski definition) is 3. The van der Waals surface area contributed by atoms with Crippen molar-refractivity contribution in [3.05, 3.63) is 65.9 Å². The van der Waals surface area contributed by atoms with E-state index in [1.165, 1.54) is 13.8 Å². The second-order valence-electron chi connectivity index (χ2n) is 7.11. The summed E-state index contributed by atoms with van der Waals surface area (Å²) in [6.07, 6.45) is 1.99.